The largest absolute Gasteiger partial charge is 0.478 e. The van der Waals surface area contributed by atoms with Gasteiger partial charge in [-0.2, -0.15) is 0 Å². The fourth-order valence-corrected chi connectivity index (χ4v) is 1.72. The fraction of sp³-hybridized carbons (Fsp3) is 0.154. The van der Waals surface area contributed by atoms with Crippen molar-refractivity contribution in [1.82, 2.24) is 9.55 Å². The summed E-state index contributed by atoms with van der Waals surface area (Å²) in [5.41, 5.74) is -0.627. The zero-order valence-electron chi connectivity index (χ0n) is 10.6. The minimum absolute atomic E-state index is 0.0725. The van der Waals surface area contributed by atoms with Crippen molar-refractivity contribution in [2.24, 2.45) is 7.05 Å². The molecule has 2 rings (SSSR count). The SMILES string of the molecule is Cn1ccnc1CC(=O)Nc1c(F)cccc1C(=O)O. The molecule has 1 heterocycles. The summed E-state index contributed by atoms with van der Waals surface area (Å²) in [4.78, 5) is 26.8. The van der Waals surface area contributed by atoms with Crippen LogP contribution >= 0.6 is 0 Å². The van der Waals surface area contributed by atoms with Gasteiger partial charge in [0.05, 0.1) is 17.7 Å². The van der Waals surface area contributed by atoms with E-state index in [1.807, 2.05) is 0 Å². The molecular formula is C13H12FN3O3. The number of anilines is 1. The van der Waals surface area contributed by atoms with Crippen LogP contribution in [0.1, 0.15) is 16.2 Å². The molecule has 1 aromatic carbocycles. The van der Waals surface area contributed by atoms with Crippen molar-refractivity contribution < 1.29 is 19.1 Å². The van der Waals surface area contributed by atoms with E-state index in [4.69, 9.17) is 5.11 Å². The van der Waals surface area contributed by atoms with Crippen molar-refractivity contribution in [3.63, 3.8) is 0 Å². The second-order valence-electron chi connectivity index (χ2n) is 4.15. The summed E-state index contributed by atoms with van der Waals surface area (Å²) in [5.74, 6) is -2.14. The average molecular weight is 277 g/mol. The molecule has 0 saturated heterocycles. The molecule has 7 heteroatoms. The van der Waals surface area contributed by atoms with Crippen LogP contribution in [0.4, 0.5) is 10.1 Å². The number of carbonyl (C=O) groups excluding carboxylic acids is 1. The van der Waals surface area contributed by atoms with E-state index >= 15 is 0 Å². The Morgan fingerprint density at radius 3 is 2.80 bits per heavy atom. The zero-order chi connectivity index (χ0) is 14.7. The van der Waals surface area contributed by atoms with E-state index in [0.29, 0.717) is 5.82 Å². The summed E-state index contributed by atoms with van der Waals surface area (Å²) in [5, 5.41) is 11.2. The standard InChI is InChI=1S/C13H12FN3O3/c1-17-6-5-15-10(17)7-11(18)16-12-8(13(19)20)3-2-4-9(12)14/h2-6H,7H2,1H3,(H,16,18)(H,19,20). The third-order valence-corrected chi connectivity index (χ3v) is 2.75. The molecule has 20 heavy (non-hydrogen) atoms. The third-order valence-electron chi connectivity index (χ3n) is 2.75. The van der Waals surface area contributed by atoms with Gasteiger partial charge in [0, 0.05) is 19.4 Å². The molecule has 6 nitrogen and oxygen atoms in total. The highest BCUT2D eigenvalue weighted by molar-refractivity contribution is 6.01. The lowest BCUT2D eigenvalue weighted by atomic mass is 10.1. The monoisotopic (exact) mass is 277 g/mol. The van der Waals surface area contributed by atoms with Crippen LogP contribution in [-0.4, -0.2) is 26.5 Å². The summed E-state index contributed by atoms with van der Waals surface area (Å²) in [7, 11) is 1.72. The minimum Gasteiger partial charge on any atom is -0.478 e. The van der Waals surface area contributed by atoms with Crippen LogP contribution in [0.3, 0.4) is 0 Å². The van der Waals surface area contributed by atoms with Gasteiger partial charge in [-0.1, -0.05) is 6.07 Å². The van der Waals surface area contributed by atoms with Crippen LogP contribution in [0.2, 0.25) is 0 Å². The van der Waals surface area contributed by atoms with Gasteiger partial charge in [-0.25, -0.2) is 14.2 Å². The second kappa shape index (κ2) is 5.52. The van der Waals surface area contributed by atoms with Crippen molar-refractivity contribution in [3.05, 3.63) is 47.8 Å². The highest BCUT2D eigenvalue weighted by Crippen LogP contribution is 2.20. The summed E-state index contributed by atoms with van der Waals surface area (Å²) in [6, 6.07) is 3.58. The predicted octanol–water partition coefficient (Wildman–Crippen LogP) is 1.44. The lowest BCUT2D eigenvalue weighted by Gasteiger charge is -2.09. The molecule has 0 aliphatic heterocycles. The number of carbonyl (C=O) groups is 2. The molecule has 2 N–H and O–H groups in total. The number of aromatic carboxylic acids is 1. The third kappa shape index (κ3) is 2.82. The van der Waals surface area contributed by atoms with Crippen LogP contribution in [0.25, 0.3) is 0 Å². The maximum absolute atomic E-state index is 13.6. The van der Waals surface area contributed by atoms with Gasteiger partial charge in [-0.05, 0) is 12.1 Å². The quantitative estimate of drug-likeness (QED) is 0.885. The van der Waals surface area contributed by atoms with E-state index in [-0.39, 0.29) is 17.7 Å². The van der Waals surface area contributed by atoms with Crippen LogP contribution in [0.15, 0.2) is 30.6 Å². The molecule has 0 aliphatic rings. The van der Waals surface area contributed by atoms with Crippen molar-refractivity contribution in [2.75, 3.05) is 5.32 Å². The van der Waals surface area contributed by atoms with E-state index in [2.05, 4.69) is 10.3 Å². The Kier molecular flexibility index (Phi) is 3.79. The number of benzene rings is 1. The van der Waals surface area contributed by atoms with Gasteiger partial charge in [-0.3, -0.25) is 4.79 Å². The molecule has 0 spiro atoms. The van der Waals surface area contributed by atoms with Gasteiger partial charge < -0.3 is 15.0 Å². The number of nitrogens with one attached hydrogen (secondary N) is 1. The van der Waals surface area contributed by atoms with E-state index in [0.717, 1.165) is 6.07 Å². The first-order valence-corrected chi connectivity index (χ1v) is 5.77. The molecule has 0 fully saturated rings. The molecule has 0 radical (unpaired) electrons. The van der Waals surface area contributed by atoms with E-state index in [1.165, 1.54) is 18.3 Å². The number of carboxylic acid groups (broad SMARTS) is 1. The molecule has 0 bridgehead atoms. The van der Waals surface area contributed by atoms with Crippen LogP contribution in [-0.2, 0) is 18.3 Å². The number of hydrogen-bond acceptors (Lipinski definition) is 3. The maximum Gasteiger partial charge on any atom is 0.337 e. The van der Waals surface area contributed by atoms with E-state index < -0.39 is 17.7 Å². The van der Waals surface area contributed by atoms with E-state index in [9.17, 15) is 14.0 Å². The molecule has 1 amide bonds. The maximum atomic E-state index is 13.6. The molecule has 2 aromatic rings. The van der Waals surface area contributed by atoms with Gasteiger partial charge in [0.15, 0.2) is 0 Å². The Balaban J connectivity index is 2.20. The van der Waals surface area contributed by atoms with Crippen LogP contribution in [0.5, 0.6) is 0 Å². The Labute approximate surface area is 113 Å². The van der Waals surface area contributed by atoms with Gasteiger partial charge in [-0.15, -0.1) is 0 Å². The highest BCUT2D eigenvalue weighted by Gasteiger charge is 2.17. The molecule has 0 unspecified atom stereocenters. The second-order valence-corrected chi connectivity index (χ2v) is 4.15. The summed E-state index contributed by atoms with van der Waals surface area (Å²) in [6.45, 7) is 0. The summed E-state index contributed by atoms with van der Waals surface area (Å²) in [6.07, 6.45) is 3.14. The fourth-order valence-electron chi connectivity index (χ4n) is 1.72. The number of carboxylic acids is 1. The minimum atomic E-state index is -1.31. The predicted molar refractivity (Wildman–Crippen MR) is 68.9 cm³/mol. The first-order chi connectivity index (χ1) is 9.49. The molecule has 1 aromatic heterocycles. The van der Waals surface area contributed by atoms with Crippen LogP contribution < -0.4 is 5.32 Å². The molecule has 0 aliphatic carbocycles. The highest BCUT2D eigenvalue weighted by atomic mass is 19.1. The topological polar surface area (TPSA) is 84.2 Å². The number of rotatable bonds is 4. The Hall–Kier alpha value is -2.70. The number of para-hydroxylation sites is 1. The number of hydrogen-bond donors (Lipinski definition) is 2. The molecule has 0 atom stereocenters. The Morgan fingerprint density at radius 1 is 1.45 bits per heavy atom. The number of aromatic nitrogens is 2. The molecular weight excluding hydrogens is 265 g/mol. The van der Waals surface area contributed by atoms with E-state index in [1.54, 1.807) is 17.8 Å². The molecule has 104 valence electrons. The van der Waals surface area contributed by atoms with Crippen LogP contribution in [0, 0.1) is 5.82 Å². The summed E-state index contributed by atoms with van der Waals surface area (Å²) >= 11 is 0. The Bertz CT molecular complexity index is 667. The zero-order valence-corrected chi connectivity index (χ0v) is 10.6. The van der Waals surface area contributed by atoms with Crippen molar-refractivity contribution in [3.8, 4) is 0 Å². The lowest BCUT2D eigenvalue weighted by Crippen LogP contribution is -2.19. The van der Waals surface area contributed by atoms with Gasteiger partial charge in [0.25, 0.3) is 0 Å². The smallest absolute Gasteiger partial charge is 0.337 e. The first-order valence-electron chi connectivity index (χ1n) is 5.77. The number of nitrogens with zero attached hydrogens (tertiary/aromatic N) is 2. The number of halogens is 1. The van der Waals surface area contributed by atoms with Crippen molar-refractivity contribution in [2.45, 2.75) is 6.42 Å². The average Bonchev–Trinajstić information content (AvgIpc) is 2.77. The lowest BCUT2D eigenvalue weighted by molar-refractivity contribution is -0.115. The first kappa shape index (κ1) is 13.7. The van der Waals surface area contributed by atoms with Gasteiger partial charge in [0.1, 0.15) is 11.6 Å². The Morgan fingerprint density at radius 2 is 2.20 bits per heavy atom. The molecule has 0 saturated carbocycles. The normalized spacial score (nSPS) is 10.3. The number of aryl methyl sites for hydroxylation is 1. The summed E-state index contributed by atoms with van der Waals surface area (Å²) < 4.78 is 15.3. The van der Waals surface area contributed by atoms with Crippen molar-refractivity contribution in [1.29, 1.82) is 0 Å². The number of amides is 1. The number of imidazole rings is 1. The van der Waals surface area contributed by atoms with Crippen molar-refractivity contribution >= 4 is 17.6 Å². The van der Waals surface area contributed by atoms with Gasteiger partial charge in [0.2, 0.25) is 5.91 Å². The van der Waals surface area contributed by atoms with Gasteiger partial charge >= 0.3 is 5.97 Å².